The smallest absolute Gasteiger partial charge is 0.258 e. The summed E-state index contributed by atoms with van der Waals surface area (Å²) in [6, 6.07) is 23.4. The Kier molecular flexibility index (Phi) is 5.51. The lowest BCUT2D eigenvalue weighted by molar-refractivity contribution is 0.628. The summed E-state index contributed by atoms with van der Waals surface area (Å²) in [6.07, 6.45) is 0. The minimum Gasteiger partial charge on any atom is -0.309 e. The van der Waals surface area contributed by atoms with E-state index in [2.05, 4.69) is 20.2 Å². The van der Waals surface area contributed by atoms with Gasteiger partial charge in [-0.3, -0.25) is 9.36 Å². The first-order valence-electron chi connectivity index (χ1n) is 10.0. The van der Waals surface area contributed by atoms with Crippen LogP contribution < -0.4 is 5.56 Å². The van der Waals surface area contributed by atoms with Crippen LogP contribution in [0, 0.1) is 5.82 Å². The maximum atomic E-state index is 13.4. The van der Waals surface area contributed by atoms with Gasteiger partial charge >= 0.3 is 0 Å². The standard InChI is InChI=1S/C24H18FN5OS/c25-18-12-10-17(11-13-18)22-28-29-24(30(22)14-16-6-2-1-3-7-16)32-15-21-26-20-9-5-4-8-19(20)23(31)27-21/h1-13H,14-15H2,(H,26,27,31). The van der Waals surface area contributed by atoms with Gasteiger partial charge in [0.15, 0.2) is 11.0 Å². The molecule has 0 atom stereocenters. The summed E-state index contributed by atoms with van der Waals surface area (Å²) in [6.45, 7) is 0.560. The molecule has 0 aliphatic heterocycles. The molecule has 0 saturated carbocycles. The molecular weight excluding hydrogens is 425 g/mol. The molecule has 8 heteroatoms. The van der Waals surface area contributed by atoms with Gasteiger partial charge in [0.2, 0.25) is 0 Å². The fraction of sp³-hybridized carbons (Fsp3) is 0.0833. The summed E-state index contributed by atoms with van der Waals surface area (Å²) in [4.78, 5) is 19.8. The largest absolute Gasteiger partial charge is 0.309 e. The fourth-order valence-corrected chi connectivity index (χ4v) is 4.26. The van der Waals surface area contributed by atoms with Crippen LogP contribution >= 0.6 is 11.8 Å². The highest BCUT2D eigenvalue weighted by molar-refractivity contribution is 7.98. The van der Waals surface area contributed by atoms with E-state index < -0.39 is 0 Å². The van der Waals surface area contributed by atoms with E-state index in [0.29, 0.717) is 40.0 Å². The van der Waals surface area contributed by atoms with Gasteiger partial charge in [0.25, 0.3) is 5.56 Å². The van der Waals surface area contributed by atoms with Crippen LogP contribution in [0.3, 0.4) is 0 Å². The molecule has 0 bridgehead atoms. The third-order valence-corrected chi connectivity index (χ3v) is 5.98. The summed E-state index contributed by atoms with van der Waals surface area (Å²) < 4.78 is 15.4. The second-order valence-corrected chi connectivity index (χ2v) is 8.15. The molecule has 0 fully saturated rings. The van der Waals surface area contributed by atoms with Crippen molar-refractivity contribution in [1.82, 2.24) is 24.7 Å². The monoisotopic (exact) mass is 443 g/mol. The van der Waals surface area contributed by atoms with Crippen LogP contribution in [0.25, 0.3) is 22.3 Å². The molecule has 1 N–H and O–H groups in total. The van der Waals surface area contributed by atoms with Gasteiger partial charge in [0, 0.05) is 5.56 Å². The molecule has 0 saturated heterocycles. The zero-order valence-electron chi connectivity index (χ0n) is 16.9. The summed E-state index contributed by atoms with van der Waals surface area (Å²) in [5, 5.41) is 9.99. The van der Waals surface area contributed by atoms with Crippen molar-refractivity contribution in [2.75, 3.05) is 0 Å². The van der Waals surface area contributed by atoms with E-state index in [-0.39, 0.29) is 11.4 Å². The van der Waals surface area contributed by atoms with Crippen molar-refractivity contribution < 1.29 is 4.39 Å². The van der Waals surface area contributed by atoms with Crippen molar-refractivity contribution in [2.24, 2.45) is 0 Å². The van der Waals surface area contributed by atoms with Crippen molar-refractivity contribution in [2.45, 2.75) is 17.5 Å². The number of para-hydroxylation sites is 1. The Bertz CT molecular complexity index is 1430. The molecule has 2 aromatic heterocycles. The van der Waals surface area contributed by atoms with Crippen LogP contribution in [-0.2, 0) is 12.3 Å². The van der Waals surface area contributed by atoms with Gasteiger partial charge in [-0.15, -0.1) is 10.2 Å². The van der Waals surface area contributed by atoms with Crippen molar-refractivity contribution in [3.8, 4) is 11.4 Å². The van der Waals surface area contributed by atoms with Gasteiger partial charge in [-0.25, -0.2) is 9.37 Å². The zero-order valence-corrected chi connectivity index (χ0v) is 17.7. The maximum Gasteiger partial charge on any atom is 0.258 e. The molecule has 0 aliphatic rings. The summed E-state index contributed by atoms with van der Waals surface area (Å²) >= 11 is 1.44. The number of halogens is 1. The van der Waals surface area contributed by atoms with Crippen LogP contribution in [0.5, 0.6) is 0 Å². The second-order valence-electron chi connectivity index (χ2n) is 7.20. The van der Waals surface area contributed by atoms with Gasteiger partial charge in [0.1, 0.15) is 11.6 Å². The SMILES string of the molecule is O=c1[nH]c(CSc2nnc(-c3ccc(F)cc3)n2Cc2ccccc2)nc2ccccc12. The van der Waals surface area contributed by atoms with E-state index in [1.165, 1.54) is 23.9 Å². The fourth-order valence-electron chi connectivity index (χ4n) is 3.45. The molecular formula is C24H18FN5OS. The number of thioether (sulfide) groups is 1. The minimum atomic E-state index is -0.302. The van der Waals surface area contributed by atoms with Gasteiger partial charge in [-0.05, 0) is 42.0 Å². The Labute approximate surface area is 187 Å². The molecule has 0 unspecified atom stereocenters. The van der Waals surface area contributed by atoms with E-state index in [1.54, 1.807) is 18.2 Å². The number of hydrogen-bond donors (Lipinski definition) is 1. The predicted molar refractivity (Wildman–Crippen MR) is 123 cm³/mol. The minimum absolute atomic E-state index is 0.163. The van der Waals surface area contributed by atoms with E-state index >= 15 is 0 Å². The highest BCUT2D eigenvalue weighted by Gasteiger charge is 2.16. The number of hydrogen-bond acceptors (Lipinski definition) is 5. The molecule has 3 aromatic carbocycles. The van der Waals surface area contributed by atoms with Crippen LogP contribution in [0.15, 0.2) is 88.8 Å². The average Bonchev–Trinajstić information content (AvgIpc) is 3.21. The second kappa shape index (κ2) is 8.76. The number of H-pyrrole nitrogens is 1. The molecule has 5 rings (SSSR count). The molecule has 0 aliphatic carbocycles. The molecule has 0 spiro atoms. The Balaban J connectivity index is 1.48. The average molecular weight is 444 g/mol. The first kappa shape index (κ1) is 20.1. The maximum absolute atomic E-state index is 13.4. The zero-order chi connectivity index (χ0) is 21.9. The van der Waals surface area contributed by atoms with Gasteiger partial charge in [0.05, 0.1) is 23.2 Å². The van der Waals surface area contributed by atoms with Crippen molar-refractivity contribution in [3.63, 3.8) is 0 Å². The molecule has 2 heterocycles. The number of fused-ring (bicyclic) bond motifs is 1. The van der Waals surface area contributed by atoms with Crippen molar-refractivity contribution in [3.05, 3.63) is 106 Å². The molecule has 6 nitrogen and oxygen atoms in total. The van der Waals surface area contributed by atoms with Gasteiger partial charge < -0.3 is 4.98 Å². The number of nitrogens with zero attached hydrogens (tertiary/aromatic N) is 4. The molecule has 32 heavy (non-hydrogen) atoms. The number of aromatic nitrogens is 5. The third kappa shape index (κ3) is 4.17. The number of rotatable bonds is 6. The van der Waals surface area contributed by atoms with Crippen LogP contribution in [-0.4, -0.2) is 24.7 Å². The number of aromatic amines is 1. The van der Waals surface area contributed by atoms with Gasteiger partial charge in [-0.2, -0.15) is 0 Å². The Morgan fingerprint density at radius 3 is 2.47 bits per heavy atom. The first-order chi connectivity index (χ1) is 15.7. The number of nitrogens with one attached hydrogen (secondary N) is 1. The first-order valence-corrected chi connectivity index (χ1v) is 11.0. The Morgan fingerprint density at radius 1 is 0.906 bits per heavy atom. The van der Waals surface area contributed by atoms with Crippen molar-refractivity contribution >= 4 is 22.7 Å². The molecule has 5 aromatic rings. The summed E-state index contributed by atoms with van der Waals surface area (Å²) in [5.74, 6) is 1.34. The number of benzene rings is 3. The van der Waals surface area contributed by atoms with Gasteiger partial charge in [-0.1, -0.05) is 54.2 Å². The van der Waals surface area contributed by atoms with Crippen LogP contribution in [0.2, 0.25) is 0 Å². The highest BCUT2D eigenvalue weighted by atomic mass is 32.2. The van der Waals surface area contributed by atoms with Crippen LogP contribution in [0.4, 0.5) is 4.39 Å². The molecule has 158 valence electrons. The van der Waals surface area contributed by atoms with E-state index in [9.17, 15) is 9.18 Å². The van der Waals surface area contributed by atoms with E-state index in [4.69, 9.17) is 0 Å². The predicted octanol–water partition coefficient (Wildman–Crippen LogP) is 4.66. The summed E-state index contributed by atoms with van der Waals surface area (Å²) in [7, 11) is 0. The lowest BCUT2D eigenvalue weighted by Crippen LogP contribution is -2.11. The topological polar surface area (TPSA) is 76.5 Å². The van der Waals surface area contributed by atoms with E-state index in [1.807, 2.05) is 53.1 Å². The lowest BCUT2D eigenvalue weighted by atomic mass is 10.2. The quantitative estimate of drug-likeness (QED) is 0.386. The third-order valence-electron chi connectivity index (χ3n) is 5.00. The lowest BCUT2D eigenvalue weighted by Gasteiger charge is -2.10. The Hall–Kier alpha value is -3.78. The molecule has 0 radical (unpaired) electrons. The molecule has 0 amide bonds. The van der Waals surface area contributed by atoms with Crippen LogP contribution in [0.1, 0.15) is 11.4 Å². The highest BCUT2D eigenvalue weighted by Crippen LogP contribution is 2.27. The Morgan fingerprint density at radius 2 is 1.66 bits per heavy atom. The van der Waals surface area contributed by atoms with Crippen molar-refractivity contribution in [1.29, 1.82) is 0 Å². The normalized spacial score (nSPS) is 11.2. The van der Waals surface area contributed by atoms with E-state index in [0.717, 1.165) is 11.1 Å². The summed E-state index contributed by atoms with van der Waals surface area (Å²) in [5.41, 5.74) is 2.36.